The molecule has 1 saturated heterocycles. The number of hydrogen-bond acceptors (Lipinski definition) is 2. The highest BCUT2D eigenvalue weighted by Crippen LogP contribution is 2.20. The van der Waals surface area contributed by atoms with E-state index in [9.17, 15) is 9.59 Å². The van der Waals surface area contributed by atoms with E-state index < -0.39 is 0 Å². The maximum absolute atomic E-state index is 12.9. The van der Waals surface area contributed by atoms with E-state index in [0.29, 0.717) is 6.42 Å². The van der Waals surface area contributed by atoms with E-state index in [1.54, 1.807) is 0 Å². The largest absolute Gasteiger partial charge is 0.354 e. The first-order chi connectivity index (χ1) is 22.2. The van der Waals surface area contributed by atoms with Gasteiger partial charge in [0.05, 0.1) is 0 Å². The van der Waals surface area contributed by atoms with Crippen molar-refractivity contribution in [2.24, 2.45) is 0 Å². The van der Waals surface area contributed by atoms with Crippen LogP contribution in [0.15, 0.2) is 24.3 Å². The summed E-state index contributed by atoms with van der Waals surface area (Å²) in [5, 5.41) is 3.13. The van der Waals surface area contributed by atoms with Crippen LogP contribution in [0.1, 0.15) is 206 Å². The topological polar surface area (TPSA) is 49.4 Å². The number of nitrogens with one attached hydrogen (secondary N) is 1. The van der Waals surface area contributed by atoms with Gasteiger partial charge >= 0.3 is 0 Å². The predicted molar refractivity (Wildman–Crippen MR) is 197 cm³/mol. The van der Waals surface area contributed by atoms with Crippen LogP contribution in [0.25, 0.3) is 0 Å². The summed E-state index contributed by atoms with van der Waals surface area (Å²) < 4.78 is 0. The summed E-state index contributed by atoms with van der Waals surface area (Å²) in [4.78, 5) is 27.5. The zero-order chi connectivity index (χ0) is 32.5. The Balaban J connectivity index is 1.95. The molecule has 4 heteroatoms. The van der Waals surface area contributed by atoms with Gasteiger partial charge in [-0.2, -0.15) is 0 Å². The Morgan fingerprint density at radius 2 is 0.956 bits per heavy atom. The summed E-state index contributed by atoms with van der Waals surface area (Å²) in [6, 6.07) is -0.243. The monoisotopic (exact) mass is 629 g/mol. The average molecular weight is 629 g/mol. The van der Waals surface area contributed by atoms with Crippen molar-refractivity contribution in [1.29, 1.82) is 0 Å². The number of hydrogen-bond donors (Lipinski definition) is 1. The van der Waals surface area contributed by atoms with Gasteiger partial charge in [-0.05, 0) is 77.0 Å². The molecule has 0 spiro atoms. The second-order valence-electron chi connectivity index (χ2n) is 13.8. The van der Waals surface area contributed by atoms with Gasteiger partial charge in [0.1, 0.15) is 6.04 Å². The van der Waals surface area contributed by atoms with Crippen LogP contribution < -0.4 is 5.32 Å². The molecule has 0 aromatic rings. The van der Waals surface area contributed by atoms with Crippen LogP contribution in [-0.4, -0.2) is 35.8 Å². The van der Waals surface area contributed by atoms with E-state index >= 15 is 0 Å². The minimum atomic E-state index is -0.243. The van der Waals surface area contributed by atoms with E-state index in [2.05, 4.69) is 43.5 Å². The van der Waals surface area contributed by atoms with E-state index in [0.717, 1.165) is 58.0 Å². The third kappa shape index (κ3) is 25.2. The van der Waals surface area contributed by atoms with Crippen molar-refractivity contribution in [1.82, 2.24) is 10.2 Å². The quantitative estimate of drug-likeness (QED) is 0.0595. The minimum Gasteiger partial charge on any atom is -0.354 e. The van der Waals surface area contributed by atoms with E-state index in [1.807, 2.05) is 4.90 Å². The van der Waals surface area contributed by atoms with Crippen molar-refractivity contribution in [2.75, 3.05) is 13.1 Å². The van der Waals surface area contributed by atoms with Gasteiger partial charge in [0.2, 0.25) is 11.8 Å². The molecule has 0 unspecified atom stereocenters. The highest BCUT2D eigenvalue weighted by molar-refractivity contribution is 5.88. The minimum absolute atomic E-state index is 0.0636. The summed E-state index contributed by atoms with van der Waals surface area (Å²) in [6.45, 7) is 6.02. The Hall–Kier alpha value is -1.58. The van der Waals surface area contributed by atoms with Crippen LogP contribution >= 0.6 is 0 Å². The second-order valence-corrected chi connectivity index (χ2v) is 13.8. The Morgan fingerprint density at radius 3 is 1.47 bits per heavy atom. The molecular weight excluding hydrogens is 552 g/mol. The molecule has 1 fully saturated rings. The van der Waals surface area contributed by atoms with Gasteiger partial charge in [-0.3, -0.25) is 9.59 Å². The lowest BCUT2D eigenvalue weighted by Gasteiger charge is -2.24. The van der Waals surface area contributed by atoms with Crippen LogP contribution in [0.2, 0.25) is 0 Å². The number of rotatable bonds is 32. The summed E-state index contributed by atoms with van der Waals surface area (Å²) >= 11 is 0. The van der Waals surface area contributed by atoms with Crippen molar-refractivity contribution in [3.63, 3.8) is 0 Å². The summed E-state index contributed by atoms with van der Waals surface area (Å²) in [5.41, 5.74) is 0. The van der Waals surface area contributed by atoms with E-state index in [1.165, 1.54) is 141 Å². The fraction of sp³-hybridized carbons (Fsp3) is 0.854. The van der Waals surface area contributed by atoms with Crippen molar-refractivity contribution in [3.8, 4) is 0 Å². The molecule has 0 aromatic heterocycles. The summed E-state index contributed by atoms with van der Waals surface area (Å²) in [7, 11) is 0. The smallest absolute Gasteiger partial charge is 0.242 e. The highest BCUT2D eigenvalue weighted by Gasteiger charge is 2.33. The second kappa shape index (κ2) is 32.4. The first-order valence-electron chi connectivity index (χ1n) is 20.1. The van der Waals surface area contributed by atoms with Gasteiger partial charge in [-0.15, -0.1) is 0 Å². The summed E-state index contributed by atoms with van der Waals surface area (Å²) in [6.07, 6.45) is 46.5. The highest BCUT2D eigenvalue weighted by atomic mass is 16.2. The number of likely N-dealkylation sites (tertiary alicyclic amines) is 1. The molecule has 1 aliphatic rings. The molecule has 0 aromatic carbocycles. The third-order valence-corrected chi connectivity index (χ3v) is 9.52. The Morgan fingerprint density at radius 1 is 0.556 bits per heavy atom. The number of carbonyl (C=O) groups is 2. The molecule has 0 radical (unpaired) electrons. The van der Waals surface area contributed by atoms with Crippen LogP contribution in [0.3, 0.4) is 0 Å². The molecule has 1 aliphatic heterocycles. The lowest BCUT2D eigenvalue weighted by atomic mass is 10.1. The number of allylic oxidation sites excluding steroid dienone is 4. The van der Waals surface area contributed by atoms with Crippen molar-refractivity contribution >= 4 is 11.8 Å². The summed E-state index contributed by atoms with van der Waals surface area (Å²) in [5.74, 6) is 0.248. The molecule has 0 aliphatic carbocycles. The molecule has 1 heterocycles. The third-order valence-electron chi connectivity index (χ3n) is 9.52. The number of amides is 2. The Kier molecular flexibility index (Phi) is 29.8. The van der Waals surface area contributed by atoms with E-state index in [4.69, 9.17) is 0 Å². The number of nitrogens with zero attached hydrogens (tertiary/aromatic N) is 1. The maximum Gasteiger partial charge on any atom is 0.242 e. The molecule has 0 bridgehead atoms. The standard InChI is InChI=1S/C41H76N2O2/c1-3-5-7-9-11-13-15-17-19-21-23-25-27-29-31-33-37-42-41(45)39-35-34-38-43(39)40(44)36-32-30-28-26-24-22-20-18-16-14-12-10-8-6-4-2/h12,14,23,25,39H,3-11,13,15-22,24,26-38H2,1-2H3,(H,42,45)/b14-12+,25-23+/t39-/m0/s1. The molecule has 4 nitrogen and oxygen atoms in total. The van der Waals surface area contributed by atoms with Gasteiger partial charge in [-0.25, -0.2) is 0 Å². The molecule has 1 rings (SSSR count). The molecule has 0 saturated carbocycles. The van der Waals surface area contributed by atoms with Gasteiger partial charge in [0, 0.05) is 19.5 Å². The van der Waals surface area contributed by atoms with Gasteiger partial charge in [-0.1, -0.05) is 147 Å². The van der Waals surface area contributed by atoms with Crippen LogP contribution in [0.4, 0.5) is 0 Å². The first-order valence-corrected chi connectivity index (χ1v) is 20.1. The molecule has 262 valence electrons. The number of unbranched alkanes of at least 4 members (excludes halogenated alkanes) is 23. The van der Waals surface area contributed by atoms with Gasteiger partial charge in [0.25, 0.3) is 0 Å². The van der Waals surface area contributed by atoms with Crippen molar-refractivity contribution in [2.45, 2.75) is 213 Å². The van der Waals surface area contributed by atoms with Gasteiger partial charge in [0.15, 0.2) is 0 Å². The van der Waals surface area contributed by atoms with Gasteiger partial charge < -0.3 is 10.2 Å². The lowest BCUT2D eigenvalue weighted by molar-refractivity contribution is -0.138. The molecule has 1 N–H and O–H groups in total. The zero-order valence-electron chi connectivity index (χ0n) is 30.3. The molecular formula is C41H76N2O2. The fourth-order valence-corrected chi connectivity index (χ4v) is 6.53. The van der Waals surface area contributed by atoms with E-state index in [-0.39, 0.29) is 17.9 Å². The zero-order valence-corrected chi connectivity index (χ0v) is 30.3. The molecule has 45 heavy (non-hydrogen) atoms. The Labute approximate surface area is 281 Å². The van der Waals surface area contributed by atoms with Crippen LogP contribution in [0.5, 0.6) is 0 Å². The predicted octanol–water partition coefficient (Wildman–Crippen LogP) is 12.2. The normalized spacial score (nSPS) is 15.2. The van der Waals surface area contributed by atoms with Crippen molar-refractivity contribution in [3.05, 3.63) is 24.3 Å². The molecule has 1 atom stereocenters. The lowest BCUT2D eigenvalue weighted by Crippen LogP contribution is -2.46. The number of carbonyl (C=O) groups excluding carboxylic acids is 2. The maximum atomic E-state index is 12.9. The van der Waals surface area contributed by atoms with Crippen LogP contribution in [-0.2, 0) is 9.59 Å². The van der Waals surface area contributed by atoms with Crippen LogP contribution in [0, 0.1) is 0 Å². The Bertz CT molecular complexity index is 731. The average Bonchev–Trinajstić information content (AvgIpc) is 3.55. The SMILES string of the molecule is CCCCC/C=C/CCCCCCCCCCC(=O)N1CCC[C@H]1C(=O)NCCCCC/C=C/CCCCCCCCCCC. The molecule has 2 amide bonds. The fourth-order valence-electron chi connectivity index (χ4n) is 6.53. The first kappa shape index (κ1) is 41.4. The van der Waals surface area contributed by atoms with Crippen molar-refractivity contribution < 1.29 is 9.59 Å².